The molecule has 1 amide bonds. The number of benzene rings is 3. The Morgan fingerprint density at radius 3 is 2.25 bits per heavy atom. The lowest BCUT2D eigenvalue weighted by Gasteiger charge is -2.20. The van der Waals surface area contributed by atoms with Crippen molar-refractivity contribution in [2.75, 3.05) is 0 Å². The Morgan fingerprint density at radius 2 is 1.58 bits per heavy atom. The molecule has 5 rings (SSSR count). The molecule has 0 radical (unpaired) electrons. The Kier molecular flexibility index (Phi) is 7.59. The minimum atomic E-state index is -0.359. The molecule has 0 aliphatic rings. The summed E-state index contributed by atoms with van der Waals surface area (Å²) in [4.78, 5) is 13.8. The van der Waals surface area contributed by atoms with Crippen molar-refractivity contribution < 1.29 is 4.79 Å². The molecule has 0 saturated carbocycles. The number of hydrogen-bond donors (Lipinski definition) is 1. The molecule has 1 unspecified atom stereocenters. The molecule has 3 aromatic carbocycles. The van der Waals surface area contributed by atoms with Crippen LogP contribution in [0.2, 0.25) is 0 Å². The van der Waals surface area contributed by atoms with Gasteiger partial charge >= 0.3 is 0 Å². The van der Waals surface area contributed by atoms with Crippen LogP contribution < -0.4 is 5.32 Å². The number of hydrogen-bond acceptors (Lipinski definition) is 5. The Balaban J connectivity index is 1.53. The van der Waals surface area contributed by atoms with Gasteiger partial charge in [-0.1, -0.05) is 96.2 Å². The molecule has 36 heavy (non-hydrogen) atoms. The number of amides is 1. The number of nitrogens with zero attached hydrogens (tertiary/aromatic N) is 3. The van der Waals surface area contributed by atoms with Crippen molar-refractivity contribution in [2.24, 2.45) is 0 Å². The molecule has 0 aliphatic carbocycles. The number of carbonyl (C=O) groups excluding carboxylic acids is 1. The molecule has 0 aliphatic heterocycles. The smallest absolute Gasteiger partial charge is 0.261 e. The van der Waals surface area contributed by atoms with Crippen LogP contribution in [0.15, 0.2) is 108 Å². The highest BCUT2D eigenvalue weighted by atomic mass is 32.2. The van der Waals surface area contributed by atoms with E-state index in [0.29, 0.717) is 17.1 Å². The van der Waals surface area contributed by atoms with E-state index in [4.69, 9.17) is 0 Å². The van der Waals surface area contributed by atoms with Gasteiger partial charge in [-0.3, -0.25) is 9.36 Å². The average Bonchev–Trinajstić information content (AvgIpc) is 3.60. The number of carbonyl (C=O) groups is 1. The number of nitrogens with one attached hydrogen (secondary N) is 1. The monoisotopic (exact) mass is 510 g/mol. The maximum absolute atomic E-state index is 13.1. The van der Waals surface area contributed by atoms with Crippen molar-refractivity contribution in [1.82, 2.24) is 20.1 Å². The van der Waals surface area contributed by atoms with Crippen molar-refractivity contribution in [3.05, 3.63) is 130 Å². The molecular weight excluding hydrogens is 484 g/mol. The fraction of sp³-hybridized carbons (Fsp3) is 0.138. The summed E-state index contributed by atoms with van der Waals surface area (Å²) in [7, 11) is 0. The largest absolute Gasteiger partial charge is 0.341 e. The van der Waals surface area contributed by atoms with Gasteiger partial charge in [-0.25, -0.2) is 0 Å². The maximum Gasteiger partial charge on any atom is 0.261 e. The van der Waals surface area contributed by atoms with Gasteiger partial charge in [0.1, 0.15) is 0 Å². The lowest BCUT2D eigenvalue weighted by molar-refractivity contribution is 0.0938. The molecule has 5 nitrogen and oxygen atoms in total. The van der Waals surface area contributed by atoms with Gasteiger partial charge in [0.25, 0.3) is 5.91 Å². The molecule has 0 fully saturated rings. The fourth-order valence-corrected chi connectivity index (χ4v) is 5.49. The van der Waals surface area contributed by atoms with Crippen LogP contribution in [0.4, 0.5) is 0 Å². The van der Waals surface area contributed by atoms with Crippen LogP contribution in [0.25, 0.3) is 5.69 Å². The highest BCUT2D eigenvalue weighted by Crippen LogP contribution is 2.29. The van der Waals surface area contributed by atoms with Crippen LogP contribution in [0, 0.1) is 6.92 Å². The quantitative estimate of drug-likeness (QED) is 0.226. The third kappa shape index (κ3) is 5.75. The third-order valence-corrected chi connectivity index (χ3v) is 7.67. The minimum Gasteiger partial charge on any atom is -0.341 e. The summed E-state index contributed by atoms with van der Waals surface area (Å²) < 4.78 is 2.08. The van der Waals surface area contributed by atoms with E-state index in [2.05, 4.69) is 75.5 Å². The molecule has 1 N–H and O–H groups in total. The van der Waals surface area contributed by atoms with Gasteiger partial charge in [0.2, 0.25) is 0 Å². The zero-order valence-electron chi connectivity index (χ0n) is 19.9. The van der Waals surface area contributed by atoms with Crippen LogP contribution >= 0.6 is 23.1 Å². The molecule has 0 saturated heterocycles. The number of thiophene rings is 1. The predicted octanol–water partition coefficient (Wildman–Crippen LogP) is 6.64. The normalized spacial score (nSPS) is 11.8. The summed E-state index contributed by atoms with van der Waals surface area (Å²) in [5, 5.41) is 15.2. The van der Waals surface area contributed by atoms with Crippen LogP contribution in [0.1, 0.15) is 38.2 Å². The Bertz CT molecular complexity index is 1400. The fourth-order valence-electron chi connectivity index (χ4n) is 3.95. The summed E-state index contributed by atoms with van der Waals surface area (Å²) in [6, 6.07) is 32.2. The Labute approximate surface area is 219 Å². The zero-order chi connectivity index (χ0) is 24.7. The molecule has 0 spiro atoms. The molecule has 1 atom stereocenters. The van der Waals surface area contributed by atoms with Crippen LogP contribution in [-0.2, 0) is 12.2 Å². The van der Waals surface area contributed by atoms with Gasteiger partial charge in [-0.15, -0.1) is 21.5 Å². The van der Waals surface area contributed by atoms with E-state index in [1.807, 2.05) is 53.9 Å². The molecule has 2 heterocycles. The van der Waals surface area contributed by atoms with E-state index < -0.39 is 0 Å². The van der Waals surface area contributed by atoms with E-state index in [1.165, 1.54) is 22.5 Å². The molecule has 7 heteroatoms. The molecule has 5 aromatic rings. The van der Waals surface area contributed by atoms with Crippen molar-refractivity contribution in [3.8, 4) is 5.69 Å². The summed E-state index contributed by atoms with van der Waals surface area (Å²) in [6.07, 6.45) is 0.602. The van der Waals surface area contributed by atoms with Gasteiger partial charge in [0.15, 0.2) is 11.0 Å². The molecule has 180 valence electrons. The molecule has 2 aromatic heterocycles. The first-order valence-electron chi connectivity index (χ1n) is 11.7. The van der Waals surface area contributed by atoms with E-state index in [0.717, 1.165) is 22.2 Å². The first-order chi connectivity index (χ1) is 17.7. The summed E-state index contributed by atoms with van der Waals surface area (Å²) >= 11 is 3.07. The van der Waals surface area contributed by atoms with Gasteiger partial charge in [0, 0.05) is 11.4 Å². The molecular formula is C29H26N4OS2. The SMILES string of the molecule is Cc1ccc(-n2c(SCc3ccccc3)nnc2C(Cc2ccccc2)NC(=O)c2cccs2)cc1. The van der Waals surface area contributed by atoms with Crippen molar-refractivity contribution >= 4 is 29.0 Å². The predicted molar refractivity (Wildman–Crippen MR) is 147 cm³/mol. The maximum atomic E-state index is 13.1. The minimum absolute atomic E-state index is 0.108. The second-order valence-corrected chi connectivity index (χ2v) is 10.4. The van der Waals surface area contributed by atoms with Crippen LogP contribution in [-0.4, -0.2) is 20.7 Å². The van der Waals surface area contributed by atoms with Gasteiger partial charge in [-0.05, 0) is 48.1 Å². The van der Waals surface area contributed by atoms with Crippen molar-refractivity contribution in [1.29, 1.82) is 0 Å². The first kappa shape index (κ1) is 24.0. The Morgan fingerprint density at radius 1 is 0.889 bits per heavy atom. The van der Waals surface area contributed by atoms with Crippen LogP contribution in [0.3, 0.4) is 0 Å². The van der Waals surface area contributed by atoms with Crippen molar-refractivity contribution in [3.63, 3.8) is 0 Å². The highest BCUT2D eigenvalue weighted by molar-refractivity contribution is 7.98. The summed E-state index contributed by atoms with van der Waals surface area (Å²) in [6.45, 7) is 2.07. The number of aryl methyl sites for hydroxylation is 1. The van der Waals surface area contributed by atoms with E-state index in [1.54, 1.807) is 11.8 Å². The van der Waals surface area contributed by atoms with Gasteiger partial charge in [0.05, 0.1) is 10.9 Å². The van der Waals surface area contributed by atoms with Gasteiger partial charge < -0.3 is 5.32 Å². The summed E-state index contributed by atoms with van der Waals surface area (Å²) in [5.74, 6) is 1.38. The van der Waals surface area contributed by atoms with Gasteiger partial charge in [-0.2, -0.15) is 0 Å². The standard InChI is InChI=1S/C29H26N4OS2/c1-21-14-16-24(17-15-21)33-27(31-32-29(33)36-20-23-11-6-3-7-12-23)25(19-22-9-4-2-5-10-22)30-28(34)26-13-8-18-35-26/h2-18,25H,19-20H2,1H3,(H,30,34). The number of rotatable bonds is 9. The number of thioether (sulfide) groups is 1. The Hall–Kier alpha value is -3.68. The second-order valence-electron chi connectivity index (χ2n) is 8.48. The number of aromatic nitrogens is 3. The zero-order valence-corrected chi connectivity index (χ0v) is 21.5. The average molecular weight is 511 g/mol. The molecule has 0 bridgehead atoms. The lowest BCUT2D eigenvalue weighted by Crippen LogP contribution is -2.31. The van der Waals surface area contributed by atoms with Crippen LogP contribution in [0.5, 0.6) is 0 Å². The highest BCUT2D eigenvalue weighted by Gasteiger charge is 2.25. The van der Waals surface area contributed by atoms with E-state index in [9.17, 15) is 4.79 Å². The lowest BCUT2D eigenvalue weighted by atomic mass is 10.0. The van der Waals surface area contributed by atoms with Crippen molar-refractivity contribution in [2.45, 2.75) is 30.3 Å². The topological polar surface area (TPSA) is 59.8 Å². The van der Waals surface area contributed by atoms with E-state index in [-0.39, 0.29) is 11.9 Å². The second kappa shape index (κ2) is 11.4. The van der Waals surface area contributed by atoms with E-state index >= 15 is 0 Å². The first-order valence-corrected chi connectivity index (χ1v) is 13.6. The third-order valence-electron chi connectivity index (χ3n) is 5.81. The summed E-state index contributed by atoms with van der Waals surface area (Å²) in [5.41, 5.74) is 4.48.